The molecule has 1 rings (SSSR count). The molecule has 2 unspecified atom stereocenters. The van der Waals surface area contributed by atoms with E-state index in [-0.39, 0.29) is 5.92 Å². The van der Waals surface area contributed by atoms with Crippen LogP contribution in [0.2, 0.25) is 0 Å². The second-order valence-electron chi connectivity index (χ2n) is 4.44. The van der Waals surface area contributed by atoms with Crippen LogP contribution in [0.4, 0.5) is 5.69 Å². The monoisotopic (exact) mass is 233 g/mol. The van der Waals surface area contributed by atoms with Crippen LogP contribution < -0.4 is 5.73 Å². The van der Waals surface area contributed by atoms with Crippen LogP contribution in [-0.2, 0) is 0 Å². The van der Waals surface area contributed by atoms with Crippen LogP contribution in [0.5, 0.6) is 0 Å². The fourth-order valence-electron chi connectivity index (χ4n) is 1.75. The lowest BCUT2D eigenvalue weighted by molar-refractivity contribution is 0.123. The molecule has 0 heterocycles. The lowest BCUT2D eigenvalue weighted by Crippen LogP contribution is -2.28. The van der Waals surface area contributed by atoms with Crippen LogP contribution >= 0.6 is 0 Å². The molecule has 0 saturated heterocycles. The average molecular weight is 233 g/mol. The van der Waals surface area contributed by atoms with E-state index in [4.69, 9.17) is 11.0 Å². The summed E-state index contributed by atoms with van der Waals surface area (Å²) in [5.74, 6) is -0.0342. The Bertz CT molecular complexity index is 400. The molecule has 2 atom stereocenters. The van der Waals surface area contributed by atoms with Gasteiger partial charge in [-0.3, -0.25) is 0 Å². The maximum absolute atomic E-state index is 10.0. The quantitative estimate of drug-likeness (QED) is 0.754. The number of nitrogens with zero attached hydrogens (tertiary/aromatic N) is 2. The predicted molar refractivity (Wildman–Crippen MR) is 68.1 cm³/mol. The van der Waals surface area contributed by atoms with E-state index in [1.165, 1.54) is 0 Å². The summed E-state index contributed by atoms with van der Waals surface area (Å²) in [5, 5.41) is 18.7. The Hall–Kier alpha value is -1.57. The van der Waals surface area contributed by atoms with Gasteiger partial charge in [0, 0.05) is 18.8 Å². The lowest BCUT2D eigenvalue weighted by atomic mass is 10.1. The molecule has 3 N–H and O–H groups in total. The Labute approximate surface area is 102 Å². The Kier molecular flexibility index (Phi) is 4.95. The number of hydrogen-bond acceptors (Lipinski definition) is 4. The van der Waals surface area contributed by atoms with Gasteiger partial charge in [-0.25, -0.2) is 0 Å². The van der Waals surface area contributed by atoms with Crippen LogP contribution in [-0.4, -0.2) is 30.1 Å². The van der Waals surface area contributed by atoms with Gasteiger partial charge in [0.25, 0.3) is 0 Å². The standard InChI is InChI=1S/C13H19N3O/c1-10(7-14)8-16(2)9-13(17)11-4-3-5-12(15)6-11/h3-6,10,13,17H,8-9,15H2,1-2H3. The van der Waals surface area contributed by atoms with Gasteiger partial charge in [0.1, 0.15) is 0 Å². The third-order valence-electron chi connectivity index (χ3n) is 2.59. The van der Waals surface area contributed by atoms with Gasteiger partial charge in [-0.05, 0) is 31.7 Å². The fourth-order valence-corrected chi connectivity index (χ4v) is 1.75. The van der Waals surface area contributed by atoms with E-state index in [9.17, 15) is 5.11 Å². The molecule has 1 aromatic carbocycles. The molecule has 0 amide bonds. The van der Waals surface area contributed by atoms with Crippen LogP contribution in [0.15, 0.2) is 24.3 Å². The van der Waals surface area contributed by atoms with E-state index in [2.05, 4.69) is 6.07 Å². The number of nitrogens with two attached hydrogens (primary N) is 1. The fraction of sp³-hybridized carbons (Fsp3) is 0.462. The largest absolute Gasteiger partial charge is 0.399 e. The highest BCUT2D eigenvalue weighted by Gasteiger charge is 2.12. The third-order valence-corrected chi connectivity index (χ3v) is 2.59. The lowest BCUT2D eigenvalue weighted by Gasteiger charge is -2.21. The number of likely N-dealkylation sites (N-methyl/N-ethyl adjacent to an activating group) is 1. The van der Waals surface area contributed by atoms with Gasteiger partial charge in [-0.2, -0.15) is 5.26 Å². The highest BCUT2D eigenvalue weighted by molar-refractivity contribution is 5.41. The number of aliphatic hydroxyl groups excluding tert-OH is 1. The molecule has 4 nitrogen and oxygen atoms in total. The summed E-state index contributed by atoms with van der Waals surface area (Å²) in [5.41, 5.74) is 7.12. The van der Waals surface area contributed by atoms with Crippen LogP contribution in [0.3, 0.4) is 0 Å². The molecule has 0 saturated carbocycles. The molecule has 0 fully saturated rings. The molecule has 92 valence electrons. The molecule has 0 aliphatic carbocycles. The number of nitriles is 1. The molecule has 0 aliphatic rings. The molecule has 0 radical (unpaired) electrons. The van der Waals surface area contributed by atoms with Gasteiger partial charge in [0.2, 0.25) is 0 Å². The van der Waals surface area contributed by atoms with Crippen LogP contribution in [0.1, 0.15) is 18.6 Å². The Balaban J connectivity index is 2.55. The molecule has 4 heteroatoms. The first kappa shape index (κ1) is 13.5. The topological polar surface area (TPSA) is 73.3 Å². The minimum absolute atomic E-state index is 0.0342. The summed E-state index contributed by atoms with van der Waals surface area (Å²) in [7, 11) is 1.89. The highest BCUT2D eigenvalue weighted by atomic mass is 16.3. The zero-order chi connectivity index (χ0) is 12.8. The first-order valence-corrected chi connectivity index (χ1v) is 5.64. The summed E-state index contributed by atoms with van der Waals surface area (Å²) in [4.78, 5) is 1.95. The van der Waals surface area contributed by atoms with E-state index >= 15 is 0 Å². The van der Waals surface area contributed by atoms with Crippen molar-refractivity contribution in [3.05, 3.63) is 29.8 Å². The molecule has 0 aromatic heterocycles. The normalized spacial score (nSPS) is 14.3. The van der Waals surface area contributed by atoms with Crippen LogP contribution in [0.25, 0.3) is 0 Å². The van der Waals surface area contributed by atoms with Gasteiger partial charge < -0.3 is 15.7 Å². The van der Waals surface area contributed by atoms with Gasteiger partial charge >= 0.3 is 0 Å². The van der Waals surface area contributed by atoms with E-state index in [0.717, 1.165) is 5.56 Å². The summed E-state index contributed by atoms with van der Waals surface area (Å²) in [6.45, 7) is 3.01. The van der Waals surface area contributed by atoms with E-state index in [0.29, 0.717) is 18.8 Å². The molecular weight excluding hydrogens is 214 g/mol. The molecule has 0 spiro atoms. The SMILES string of the molecule is CC(C#N)CN(C)CC(O)c1cccc(N)c1. The van der Waals surface area contributed by atoms with Crippen LogP contribution in [0, 0.1) is 17.2 Å². The van der Waals surface area contributed by atoms with Crippen molar-refractivity contribution in [2.45, 2.75) is 13.0 Å². The Morgan fingerprint density at radius 2 is 2.18 bits per heavy atom. The number of anilines is 1. The first-order valence-electron chi connectivity index (χ1n) is 5.64. The average Bonchev–Trinajstić information content (AvgIpc) is 2.28. The smallest absolute Gasteiger partial charge is 0.0917 e. The van der Waals surface area contributed by atoms with Crippen molar-refractivity contribution in [2.24, 2.45) is 5.92 Å². The van der Waals surface area contributed by atoms with Gasteiger partial charge in [0.05, 0.1) is 18.1 Å². The van der Waals surface area contributed by atoms with Crippen molar-refractivity contribution in [3.63, 3.8) is 0 Å². The van der Waals surface area contributed by atoms with Crippen molar-refractivity contribution in [2.75, 3.05) is 25.9 Å². The van der Waals surface area contributed by atoms with Crippen molar-refractivity contribution < 1.29 is 5.11 Å². The Morgan fingerprint density at radius 1 is 1.47 bits per heavy atom. The summed E-state index contributed by atoms with van der Waals surface area (Å²) >= 11 is 0. The van der Waals surface area contributed by atoms with Crippen molar-refractivity contribution >= 4 is 5.69 Å². The molecule has 17 heavy (non-hydrogen) atoms. The molecule has 1 aromatic rings. The van der Waals surface area contributed by atoms with E-state index in [1.54, 1.807) is 12.1 Å². The van der Waals surface area contributed by atoms with Crippen molar-refractivity contribution in [1.82, 2.24) is 4.90 Å². The predicted octanol–water partition coefficient (Wildman–Crippen LogP) is 1.39. The van der Waals surface area contributed by atoms with Crippen molar-refractivity contribution in [3.8, 4) is 6.07 Å². The van der Waals surface area contributed by atoms with Gasteiger partial charge in [0.15, 0.2) is 0 Å². The molecule has 0 bridgehead atoms. The van der Waals surface area contributed by atoms with Gasteiger partial charge in [-0.1, -0.05) is 12.1 Å². The number of benzene rings is 1. The first-order chi connectivity index (χ1) is 8.02. The molecular formula is C13H19N3O. The third kappa shape index (κ3) is 4.43. The molecule has 0 aliphatic heterocycles. The maximum atomic E-state index is 10.0. The maximum Gasteiger partial charge on any atom is 0.0917 e. The summed E-state index contributed by atoms with van der Waals surface area (Å²) < 4.78 is 0. The van der Waals surface area contributed by atoms with Gasteiger partial charge in [-0.15, -0.1) is 0 Å². The van der Waals surface area contributed by atoms with Crippen molar-refractivity contribution in [1.29, 1.82) is 5.26 Å². The van der Waals surface area contributed by atoms with E-state index in [1.807, 2.05) is 31.0 Å². The number of nitrogen functional groups attached to an aromatic ring is 1. The second kappa shape index (κ2) is 6.24. The zero-order valence-electron chi connectivity index (χ0n) is 10.3. The summed E-state index contributed by atoms with van der Waals surface area (Å²) in [6, 6.07) is 9.41. The number of aliphatic hydroxyl groups is 1. The minimum atomic E-state index is -0.575. The Morgan fingerprint density at radius 3 is 2.76 bits per heavy atom. The number of hydrogen-bond donors (Lipinski definition) is 2. The minimum Gasteiger partial charge on any atom is -0.399 e. The highest BCUT2D eigenvalue weighted by Crippen LogP contribution is 2.16. The van der Waals surface area contributed by atoms with E-state index < -0.39 is 6.10 Å². The number of rotatable bonds is 5. The summed E-state index contributed by atoms with van der Waals surface area (Å²) in [6.07, 6.45) is -0.575. The second-order valence-corrected chi connectivity index (χ2v) is 4.44. The zero-order valence-corrected chi connectivity index (χ0v) is 10.3.